The van der Waals surface area contributed by atoms with Crippen molar-refractivity contribution in [2.45, 2.75) is 144 Å². The Labute approximate surface area is 375 Å². The lowest BCUT2D eigenvalue weighted by atomic mass is 9.62. The molecule has 12 atom stereocenters. The molecular weight excluding hydrogens is 851 g/mol. The minimum Gasteiger partial charge on any atom is -0.460 e. The van der Waals surface area contributed by atoms with Crippen LogP contribution in [0.4, 0.5) is 0 Å². The molecule has 0 aromatic heterocycles. The van der Waals surface area contributed by atoms with Crippen molar-refractivity contribution in [3.8, 4) is 0 Å². The highest BCUT2D eigenvalue weighted by Gasteiger charge is 2.76. The Bertz CT molecular complexity index is 2090. The quantitative estimate of drug-likeness (QED) is 0.107. The largest absolute Gasteiger partial charge is 0.460 e. The van der Waals surface area contributed by atoms with Crippen molar-refractivity contribution in [3.05, 3.63) is 76.9 Å². The van der Waals surface area contributed by atoms with Gasteiger partial charge in [0.2, 0.25) is 11.8 Å². The van der Waals surface area contributed by atoms with Crippen LogP contribution in [0.25, 0.3) is 6.08 Å². The highest BCUT2D eigenvalue weighted by atomic mass is 16.8. The third kappa shape index (κ3) is 9.73. The van der Waals surface area contributed by atoms with Gasteiger partial charge in [-0.25, -0.2) is 0 Å². The first kappa shape index (κ1) is 47.1. The predicted octanol–water partition coefficient (Wildman–Crippen LogP) is -0.299. The van der Waals surface area contributed by atoms with Gasteiger partial charge in [-0.3, -0.25) is 24.0 Å². The van der Waals surface area contributed by atoms with Crippen molar-refractivity contribution in [2.75, 3.05) is 26.4 Å². The minimum absolute atomic E-state index is 0.00955. The van der Waals surface area contributed by atoms with E-state index in [1.807, 2.05) is 48.5 Å². The number of carbonyl (C=O) groups is 4. The van der Waals surface area contributed by atoms with Crippen LogP contribution in [0.2, 0.25) is 0 Å². The van der Waals surface area contributed by atoms with Crippen LogP contribution in [0.5, 0.6) is 0 Å². The molecule has 2 aromatic rings. The molecule has 8 rings (SSSR count). The molecule has 6 aliphatic rings. The first-order valence-electron chi connectivity index (χ1n) is 22.2. The monoisotopic (exact) mass is 909 g/mol. The molecule has 0 unspecified atom stereocenters. The van der Waals surface area contributed by atoms with E-state index in [1.54, 1.807) is 32.9 Å². The molecule has 4 heterocycles. The van der Waals surface area contributed by atoms with Crippen LogP contribution in [0, 0.1) is 5.41 Å². The predicted molar refractivity (Wildman–Crippen MR) is 224 cm³/mol. The van der Waals surface area contributed by atoms with Crippen molar-refractivity contribution >= 4 is 29.8 Å². The number of nitrogens with zero attached hydrogens (tertiary/aromatic N) is 1. The number of amides is 2. The van der Waals surface area contributed by atoms with Gasteiger partial charge in [-0.15, -0.1) is 0 Å². The first-order valence-corrected chi connectivity index (χ1v) is 22.2. The Morgan fingerprint density at radius 2 is 1.71 bits per heavy atom. The molecular formula is C46H59N3O16. The summed E-state index contributed by atoms with van der Waals surface area (Å²) in [6, 6.07) is 13.4. The second kappa shape index (κ2) is 19.1. The van der Waals surface area contributed by atoms with Crippen LogP contribution in [-0.2, 0) is 71.8 Å². The number of hydrogen-bond donors (Lipinski definition) is 7. The van der Waals surface area contributed by atoms with Gasteiger partial charge >= 0.3 is 11.9 Å². The Balaban J connectivity index is 0.965. The Morgan fingerprint density at radius 1 is 0.969 bits per heavy atom. The van der Waals surface area contributed by atoms with Crippen LogP contribution in [-0.4, -0.2) is 159 Å². The number of hydroxylamine groups is 2. The van der Waals surface area contributed by atoms with Gasteiger partial charge in [0.25, 0.3) is 0 Å². The SMILES string of the molecule is CC(C)(C)OC(=O)CC[C@@H](CO)NC(=O)CCNC(=O)[C@@]12C[C@H]3OC(=O)[C@@H]1N(Cc1cccc(C=CCO[C@H]4O[C@H](CO)[C@H](O)[C@H](O)[C@H]4O)c1)O[C@@H]2[C@H]1OC2(Cc4ccccc4C2)O[C@H]13. The number of nitrogens with one attached hydrogen (secondary N) is 2. The molecule has 1 spiro atoms. The second-order valence-corrected chi connectivity index (χ2v) is 18.7. The van der Waals surface area contributed by atoms with E-state index in [9.17, 15) is 44.7 Å². The smallest absolute Gasteiger partial charge is 0.327 e. The van der Waals surface area contributed by atoms with E-state index >= 15 is 0 Å². The molecule has 2 aromatic carbocycles. The highest BCUT2D eigenvalue weighted by Crippen LogP contribution is 2.58. The minimum atomic E-state index is -1.57. The second-order valence-electron chi connectivity index (χ2n) is 18.7. The van der Waals surface area contributed by atoms with Crippen molar-refractivity contribution in [1.29, 1.82) is 0 Å². The fourth-order valence-electron chi connectivity index (χ4n) is 9.92. The highest BCUT2D eigenvalue weighted by molar-refractivity contribution is 5.94. The summed E-state index contributed by atoms with van der Waals surface area (Å²) in [7, 11) is 0. The number of rotatable bonds is 16. The average Bonchev–Trinajstić information content (AvgIpc) is 3.94. The summed E-state index contributed by atoms with van der Waals surface area (Å²) in [6.07, 6.45) is -5.93. The average molecular weight is 910 g/mol. The van der Waals surface area contributed by atoms with E-state index in [2.05, 4.69) is 10.6 Å². The molecule has 5 fully saturated rings. The number of esters is 2. The van der Waals surface area contributed by atoms with Crippen LogP contribution in [0.3, 0.4) is 0 Å². The van der Waals surface area contributed by atoms with E-state index in [4.69, 9.17) is 33.3 Å². The lowest BCUT2D eigenvalue weighted by molar-refractivity contribution is -0.298. The van der Waals surface area contributed by atoms with Gasteiger partial charge in [-0.1, -0.05) is 60.7 Å². The third-order valence-corrected chi connectivity index (χ3v) is 12.9. The third-order valence-electron chi connectivity index (χ3n) is 12.9. The number of ether oxygens (including phenoxy) is 6. The number of hydrogen-bond acceptors (Lipinski definition) is 17. The maximum atomic E-state index is 14.7. The number of aliphatic hydroxyl groups excluding tert-OH is 5. The van der Waals surface area contributed by atoms with E-state index in [0.29, 0.717) is 12.8 Å². The van der Waals surface area contributed by atoms with Gasteiger partial charge in [-0.05, 0) is 49.4 Å². The fraction of sp³-hybridized carbons (Fsp3) is 0.609. The number of benzene rings is 2. The van der Waals surface area contributed by atoms with Gasteiger partial charge in [0, 0.05) is 38.6 Å². The summed E-state index contributed by atoms with van der Waals surface area (Å²) < 4.78 is 36.0. The summed E-state index contributed by atoms with van der Waals surface area (Å²) in [5, 5.41) is 56.9. The molecule has 2 bridgehead atoms. The van der Waals surface area contributed by atoms with E-state index in [0.717, 1.165) is 22.3 Å². The van der Waals surface area contributed by atoms with Gasteiger partial charge < -0.3 is 64.6 Å². The van der Waals surface area contributed by atoms with Crippen LogP contribution in [0.1, 0.15) is 68.7 Å². The lowest BCUT2D eigenvalue weighted by Gasteiger charge is -2.48. The standard InChI is InChI=1S/C46H59N3O16/c1-44(2,3)62-33(53)14-13-29(23-50)48-32(52)15-16-47-43(58)46-21-30-37-38(64-45(63-37)19-27-11-4-5-12-28(27)20-45)40(46)65-49(39(46)41(57)60-30)22-26-9-6-8-25(18-26)10-7-17-59-42-36(56)35(55)34(54)31(24-51)61-42/h4-12,18,29-31,34-40,42,50-51,54-56H,13-17,19-24H2,1-3H3,(H,47,58)(H,48,52)/t29-,30+,31+,34-,35-,36+,37-,38-,39-,40+,42-,46-/m0/s1. The molecule has 1 saturated carbocycles. The summed E-state index contributed by atoms with van der Waals surface area (Å²) in [4.78, 5) is 60.9. The lowest BCUT2D eigenvalue weighted by Crippen LogP contribution is -2.69. The number of aliphatic hydroxyl groups is 5. The number of fused-ring (bicyclic) bond motifs is 5. The van der Waals surface area contributed by atoms with Crippen molar-refractivity contribution in [3.63, 3.8) is 0 Å². The van der Waals surface area contributed by atoms with Crippen molar-refractivity contribution in [1.82, 2.24) is 15.7 Å². The first-order chi connectivity index (χ1) is 31.0. The summed E-state index contributed by atoms with van der Waals surface area (Å²) in [6.45, 7) is 4.17. The van der Waals surface area contributed by atoms with Crippen molar-refractivity contribution in [2.24, 2.45) is 5.41 Å². The molecule has 2 amide bonds. The van der Waals surface area contributed by atoms with Crippen molar-refractivity contribution < 1.29 is 78.0 Å². The number of carbonyl (C=O) groups excluding carboxylic acids is 4. The maximum absolute atomic E-state index is 14.7. The molecule has 65 heavy (non-hydrogen) atoms. The normalized spacial score (nSPS) is 32.8. The maximum Gasteiger partial charge on any atom is 0.327 e. The Morgan fingerprint density at radius 3 is 2.42 bits per heavy atom. The topological polar surface area (TPSA) is 261 Å². The zero-order valence-corrected chi connectivity index (χ0v) is 36.6. The zero-order valence-electron chi connectivity index (χ0n) is 36.6. The molecule has 19 nitrogen and oxygen atoms in total. The van der Waals surface area contributed by atoms with Gasteiger partial charge in [-0.2, -0.15) is 5.06 Å². The molecule has 4 saturated heterocycles. The van der Waals surface area contributed by atoms with Crippen LogP contribution >= 0.6 is 0 Å². The summed E-state index contributed by atoms with van der Waals surface area (Å²) in [5.41, 5.74) is 1.43. The van der Waals surface area contributed by atoms with Crippen LogP contribution < -0.4 is 10.6 Å². The van der Waals surface area contributed by atoms with Crippen LogP contribution in [0.15, 0.2) is 54.6 Å². The molecule has 354 valence electrons. The molecule has 7 N–H and O–H groups in total. The summed E-state index contributed by atoms with van der Waals surface area (Å²) in [5.74, 6) is -3.14. The van der Waals surface area contributed by atoms with Gasteiger partial charge in [0.15, 0.2) is 18.1 Å². The molecule has 19 heteroatoms. The van der Waals surface area contributed by atoms with E-state index in [-0.39, 0.29) is 45.4 Å². The summed E-state index contributed by atoms with van der Waals surface area (Å²) >= 11 is 0. The van der Waals surface area contributed by atoms with Gasteiger partial charge in [0.05, 0.1) is 32.4 Å². The van der Waals surface area contributed by atoms with Gasteiger partial charge in [0.1, 0.15) is 59.8 Å². The molecule has 0 radical (unpaired) electrons. The van der Waals surface area contributed by atoms with E-state index in [1.165, 1.54) is 5.06 Å². The Kier molecular flexibility index (Phi) is 13.8. The molecule has 4 aliphatic heterocycles. The zero-order chi connectivity index (χ0) is 46.3. The van der Waals surface area contributed by atoms with E-state index < -0.39 is 121 Å². The Hall–Kier alpha value is -4.38. The fourth-order valence-corrected chi connectivity index (χ4v) is 9.92. The molecule has 2 aliphatic carbocycles.